The number of benzene rings is 1. The number of sulfone groups is 1. The summed E-state index contributed by atoms with van der Waals surface area (Å²) < 4.78 is 35.8. The maximum absolute atomic E-state index is 12.4. The fourth-order valence-electron chi connectivity index (χ4n) is 3.71. The summed E-state index contributed by atoms with van der Waals surface area (Å²) in [5.74, 6) is 0. The average Bonchev–Trinajstić information content (AvgIpc) is 3.00. The van der Waals surface area contributed by atoms with Crippen molar-refractivity contribution in [3.63, 3.8) is 0 Å². The van der Waals surface area contributed by atoms with Crippen molar-refractivity contribution >= 4 is 15.4 Å². The van der Waals surface area contributed by atoms with Gasteiger partial charge in [-0.05, 0) is 36.5 Å². The van der Waals surface area contributed by atoms with Gasteiger partial charge in [0, 0.05) is 5.56 Å². The molecule has 0 radical (unpaired) electrons. The van der Waals surface area contributed by atoms with Crippen molar-refractivity contribution in [1.29, 1.82) is 0 Å². The van der Waals surface area contributed by atoms with Gasteiger partial charge in [-0.1, -0.05) is 30.7 Å². The van der Waals surface area contributed by atoms with E-state index in [4.69, 9.17) is 9.47 Å². The van der Waals surface area contributed by atoms with Crippen LogP contribution in [0.3, 0.4) is 0 Å². The first-order valence-corrected chi connectivity index (χ1v) is 9.52. The largest absolute Gasteiger partial charge is 0.346 e. The molecule has 4 rings (SSSR count). The highest BCUT2D eigenvalue weighted by molar-refractivity contribution is 7.93. The number of hydrogen-bond donors (Lipinski definition) is 0. The first-order valence-electron chi connectivity index (χ1n) is 7.91. The normalized spacial score (nSPS) is 31.0. The molecular weight excluding hydrogens is 300 g/mol. The third-order valence-corrected chi connectivity index (χ3v) is 7.43. The summed E-state index contributed by atoms with van der Waals surface area (Å²) in [5.41, 5.74) is 3.27. The quantitative estimate of drug-likeness (QED) is 0.841. The molecule has 118 valence electrons. The minimum atomic E-state index is -2.96. The van der Waals surface area contributed by atoms with Crippen LogP contribution >= 0.6 is 0 Å². The van der Waals surface area contributed by atoms with E-state index in [1.54, 1.807) is 0 Å². The Balaban J connectivity index is 1.67. The number of ether oxygens (including phenoxy) is 2. The van der Waals surface area contributed by atoms with Crippen LogP contribution in [-0.2, 0) is 19.3 Å². The van der Waals surface area contributed by atoms with Gasteiger partial charge in [-0.15, -0.1) is 0 Å². The third kappa shape index (κ3) is 2.41. The maximum atomic E-state index is 12.4. The van der Waals surface area contributed by atoms with Crippen molar-refractivity contribution in [3.05, 3.63) is 41.5 Å². The van der Waals surface area contributed by atoms with E-state index in [1.807, 2.05) is 18.2 Å². The van der Waals surface area contributed by atoms with Crippen LogP contribution in [0.4, 0.5) is 0 Å². The highest BCUT2D eigenvalue weighted by Gasteiger charge is 2.40. The van der Waals surface area contributed by atoms with E-state index < -0.39 is 9.84 Å². The van der Waals surface area contributed by atoms with Gasteiger partial charge in [0.05, 0.1) is 23.7 Å². The molecule has 2 bridgehead atoms. The van der Waals surface area contributed by atoms with Gasteiger partial charge in [-0.3, -0.25) is 0 Å². The van der Waals surface area contributed by atoms with Crippen molar-refractivity contribution in [2.75, 3.05) is 13.2 Å². The summed E-state index contributed by atoms with van der Waals surface area (Å²) in [5, 5.41) is -0.494. The Morgan fingerprint density at radius 3 is 2.68 bits per heavy atom. The summed E-state index contributed by atoms with van der Waals surface area (Å²) in [4.78, 5) is 0. The van der Waals surface area contributed by atoms with Crippen molar-refractivity contribution in [2.24, 2.45) is 0 Å². The molecule has 0 amide bonds. The molecule has 4 nitrogen and oxygen atoms in total. The highest BCUT2D eigenvalue weighted by Crippen LogP contribution is 2.39. The lowest BCUT2D eigenvalue weighted by molar-refractivity contribution is -0.0441. The van der Waals surface area contributed by atoms with Crippen LogP contribution < -0.4 is 0 Å². The van der Waals surface area contributed by atoms with Crippen LogP contribution in [-0.4, -0.2) is 32.1 Å². The second-order valence-electron chi connectivity index (χ2n) is 6.28. The monoisotopic (exact) mass is 320 g/mol. The third-order valence-electron chi connectivity index (χ3n) is 4.89. The molecule has 3 aliphatic rings. The molecule has 0 N–H and O–H groups in total. The number of hydrogen-bond acceptors (Lipinski definition) is 4. The molecule has 1 aromatic rings. The van der Waals surface area contributed by atoms with Crippen LogP contribution in [0.15, 0.2) is 30.3 Å². The fourth-order valence-corrected chi connectivity index (χ4v) is 5.96. The van der Waals surface area contributed by atoms with E-state index in [-0.39, 0.29) is 16.8 Å². The van der Waals surface area contributed by atoms with Gasteiger partial charge in [0.15, 0.2) is 16.1 Å². The Kier molecular flexibility index (Phi) is 3.59. The number of fused-ring (bicyclic) bond motifs is 2. The van der Waals surface area contributed by atoms with Gasteiger partial charge in [0.25, 0.3) is 0 Å². The summed E-state index contributed by atoms with van der Waals surface area (Å²) in [6.07, 6.45) is 4.89. The molecule has 0 aromatic heterocycles. The Morgan fingerprint density at radius 2 is 1.91 bits per heavy atom. The molecule has 5 heteroatoms. The lowest BCUT2D eigenvalue weighted by Gasteiger charge is -2.33. The molecule has 2 unspecified atom stereocenters. The van der Waals surface area contributed by atoms with Crippen LogP contribution in [0.2, 0.25) is 0 Å². The minimum Gasteiger partial charge on any atom is -0.346 e. The lowest BCUT2D eigenvalue weighted by atomic mass is 9.92. The number of rotatable bonds is 2. The minimum absolute atomic E-state index is 0.200. The van der Waals surface area contributed by atoms with Gasteiger partial charge in [-0.2, -0.15) is 0 Å². The second kappa shape index (κ2) is 5.48. The molecule has 1 aromatic carbocycles. The van der Waals surface area contributed by atoms with E-state index in [2.05, 4.69) is 12.1 Å². The zero-order valence-electron chi connectivity index (χ0n) is 12.4. The van der Waals surface area contributed by atoms with Gasteiger partial charge in [-0.25, -0.2) is 8.42 Å². The molecule has 22 heavy (non-hydrogen) atoms. The Labute approximate surface area is 131 Å². The molecule has 2 fully saturated rings. The molecule has 2 atom stereocenters. The van der Waals surface area contributed by atoms with E-state index in [0.717, 1.165) is 36.0 Å². The Bertz CT molecular complexity index is 701. The van der Waals surface area contributed by atoms with Crippen molar-refractivity contribution in [2.45, 2.75) is 42.5 Å². The first-order chi connectivity index (χ1) is 10.6. The molecule has 2 saturated heterocycles. The van der Waals surface area contributed by atoms with Gasteiger partial charge in [0.2, 0.25) is 0 Å². The topological polar surface area (TPSA) is 52.6 Å². The summed E-state index contributed by atoms with van der Waals surface area (Å²) in [6, 6.07) is 8.13. The molecule has 3 aliphatic heterocycles. The molecular formula is C17H20O4S. The van der Waals surface area contributed by atoms with Crippen LogP contribution in [0, 0.1) is 0 Å². The van der Waals surface area contributed by atoms with Crippen molar-refractivity contribution < 1.29 is 17.9 Å². The lowest BCUT2D eigenvalue weighted by Crippen LogP contribution is -2.38. The average molecular weight is 320 g/mol. The van der Waals surface area contributed by atoms with Crippen molar-refractivity contribution in [3.8, 4) is 0 Å². The van der Waals surface area contributed by atoms with E-state index >= 15 is 0 Å². The summed E-state index contributed by atoms with van der Waals surface area (Å²) in [7, 11) is -2.96. The molecule has 0 saturated carbocycles. The zero-order chi connectivity index (χ0) is 15.2. The Morgan fingerprint density at radius 1 is 1.09 bits per heavy atom. The van der Waals surface area contributed by atoms with Crippen LogP contribution in [0.25, 0.3) is 5.57 Å². The molecule has 3 heterocycles. The second-order valence-corrected chi connectivity index (χ2v) is 8.73. The fraction of sp³-hybridized carbons (Fsp3) is 0.529. The van der Waals surface area contributed by atoms with E-state index in [1.165, 1.54) is 0 Å². The first kappa shape index (κ1) is 14.4. The van der Waals surface area contributed by atoms with Gasteiger partial charge in [0.1, 0.15) is 0 Å². The SMILES string of the molecule is O=S1(=O)C2C=C(c3cccc(C4OCCO4)c3)CC1CCC2. The smallest absolute Gasteiger partial charge is 0.184 e. The number of allylic oxidation sites excluding steroid dienone is 1. The predicted molar refractivity (Wildman–Crippen MR) is 84.0 cm³/mol. The predicted octanol–water partition coefficient (Wildman–Crippen LogP) is 2.86. The van der Waals surface area contributed by atoms with E-state index in [0.29, 0.717) is 19.6 Å². The summed E-state index contributed by atoms with van der Waals surface area (Å²) in [6.45, 7) is 1.25. The Hall–Kier alpha value is -1.17. The molecule has 0 spiro atoms. The zero-order valence-corrected chi connectivity index (χ0v) is 13.2. The van der Waals surface area contributed by atoms with Crippen LogP contribution in [0.5, 0.6) is 0 Å². The molecule has 0 aliphatic carbocycles. The van der Waals surface area contributed by atoms with Gasteiger partial charge >= 0.3 is 0 Å². The summed E-state index contributed by atoms with van der Waals surface area (Å²) >= 11 is 0. The van der Waals surface area contributed by atoms with Crippen LogP contribution in [0.1, 0.15) is 43.1 Å². The van der Waals surface area contributed by atoms with Crippen molar-refractivity contribution in [1.82, 2.24) is 0 Å². The standard InChI is InChI=1S/C17H20O4S/c18-22(19)15-5-2-6-16(22)11-14(10-15)12-3-1-4-13(9-12)17-20-7-8-21-17/h1,3-4,9-10,15-17H,2,5-8,11H2. The maximum Gasteiger partial charge on any atom is 0.184 e. The van der Waals surface area contributed by atoms with Gasteiger partial charge < -0.3 is 9.47 Å². The highest BCUT2D eigenvalue weighted by atomic mass is 32.2. The van der Waals surface area contributed by atoms with E-state index in [9.17, 15) is 8.42 Å².